The first-order valence-corrected chi connectivity index (χ1v) is 9.87. The Hall–Kier alpha value is -1.43. The number of hydrogen-bond acceptors (Lipinski definition) is 5. The van der Waals surface area contributed by atoms with E-state index in [4.69, 9.17) is 9.51 Å². The van der Waals surface area contributed by atoms with Crippen molar-refractivity contribution in [1.82, 2.24) is 19.9 Å². The lowest BCUT2D eigenvalue weighted by molar-refractivity contribution is -0.133. The van der Waals surface area contributed by atoms with Crippen LogP contribution in [0.5, 0.6) is 0 Å². The Morgan fingerprint density at radius 1 is 1.16 bits per heavy atom. The van der Waals surface area contributed by atoms with Gasteiger partial charge in [-0.05, 0) is 45.7 Å². The van der Waals surface area contributed by atoms with Crippen LogP contribution in [-0.4, -0.2) is 59.6 Å². The Morgan fingerprint density at radius 3 is 2.64 bits per heavy atom. The summed E-state index contributed by atoms with van der Waals surface area (Å²) in [6, 6.07) is 0. The van der Waals surface area contributed by atoms with Gasteiger partial charge in [-0.25, -0.2) is 0 Å². The molecule has 6 heteroatoms. The van der Waals surface area contributed by atoms with Crippen molar-refractivity contribution in [3.8, 4) is 0 Å². The molecule has 2 aliphatic rings. The Morgan fingerprint density at radius 2 is 1.92 bits per heavy atom. The first-order chi connectivity index (χ1) is 12.1. The smallest absolute Gasteiger partial charge is 0.236 e. The van der Waals surface area contributed by atoms with E-state index < -0.39 is 0 Å². The minimum atomic E-state index is 0.222. The second-order valence-corrected chi connectivity index (χ2v) is 8.02. The summed E-state index contributed by atoms with van der Waals surface area (Å²) in [6.45, 7) is 2.17. The number of nitrogens with zero attached hydrogens (tertiary/aromatic N) is 4. The van der Waals surface area contributed by atoms with Crippen LogP contribution in [0.3, 0.4) is 0 Å². The molecule has 1 aliphatic heterocycles. The van der Waals surface area contributed by atoms with Crippen LogP contribution in [-0.2, 0) is 11.2 Å². The van der Waals surface area contributed by atoms with Gasteiger partial charge < -0.3 is 14.3 Å². The highest BCUT2D eigenvalue weighted by molar-refractivity contribution is 5.78. The first-order valence-electron chi connectivity index (χ1n) is 9.87. The molecular formula is C19H32N4O2. The molecule has 3 rings (SSSR count). The summed E-state index contributed by atoms with van der Waals surface area (Å²) in [5.41, 5.74) is 0. The summed E-state index contributed by atoms with van der Waals surface area (Å²) >= 11 is 0. The molecule has 1 amide bonds. The van der Waals surface area contributed by atoms with Crippen LogP contribution in [0.15, 0.2) is 4.52 Å². The van der Waals surface area contributed by atoms with Crippen LogP contribution >= 0.6 is 0 Å². The highest BCUT2D eigenvalue weighted by Crippen LogP contribution is 2.30. The number of amides is 1. The molecule has 1 aromatic heterocycles. The number of rotatable bonds is 5. The number of aromatic nitrogens is 2. The van der Waals surface area contributed by atoms with Crippen molar-refractivity contribution in [3.63, 3.8) is 0 Å². The molecule has 1 aromatic rings. The number of likely N-dealkylation sites (N-methyl/N-ethyl adjacent to an activating group) is 1. The molecule has 6 nitrogen and oxygen atoms in total. The van der Waals surface area contributed by atoms with Crippen LogP contribution in [0.25, 0.3) is 0 Å². The standard InChI is InChI=1S/C19H32N4O2/c1-22(2)14-18(24)23-11-7-8-15(13-23)12-17-20-19(21-25-17)16-9-5-3-4-6-10-16/h15-16H,3-14H2,1-2H3/t15-/m0/s1. The second-order valence-electron chi connectivity index (χ2n) is 8.02. The fourth-order valence-corrected chi connectivity index (χ4v) is 4.13. The van der Waals surface area contributed by atoms with Crippen molar-refractivity contribution in [2.45, 2.75) is 63.7 Å². The SMILES string of the molecule is CN(C)CC(=O)N1CCC[C@@H](Cc2nc(C3CCCCCC3)no2)C1. The van der Waals surface area contributed by atoms with E-state index in [1.54, 1.807) is 0 Å². The summed E-state index contributed by atoms with van der Waals surface area (Å²) in [5.74, 6) is 2.80. The summed E-state index contributed by atoms with van der Waals surface area (Å²) in [4.78, 5) is 20.9. The third kappa shape index (κ3) is 5.27. The van der Waals surface area contributed by atoms with Gasteiger partial charge in [0.25, 0.3) is 0 Å². The maximum Gasteiger partial charge on any atom is 0.236 e. The molecule has 0 spiro atoms. The normalized spacial score (nSPS) is 23.0. The lowest BCUT2D eigenvalue weighted by Gasteiger charge is -2.33. The zero-order valence-electron chi connectivity index (χ0n) is 15.7. The highest BCUT2D eigenvalue weighted by Gasteiger charge is 2.26. The Labute approximate surface area is 150 Å². The third-order valence-corrected chi connectivity index (χ3v) is 5.49. The van der Waals surface area contributed by atoms with E-state index in [1.165, 1.54) is 38.5 Å². The molecule has 140 valence electrons. The topological polar surface area (TPSA) is 62.5 Å². The summed E-state index contributed by atoms with van der Waals surface area (Å²) < 4.78 is 5.55. The van der Waals surface area contributed by atoms with Gasteiger partial charge in [-0.1, -0.05) is 30.8 Å². The van der Waals surface area contributed by atoms with Crippen LogP contribution < -0.4 is 0 Å². The van der Waals surface area contributed by atoms with E-state index in [1.807, 2.05) is 23.9 Å². The van der Waals surface area contributed by atoms with Crippen molar-refractivity contribution < 1.29 is 9.32 Å². The predicted molar refractivity (Wildman–Crippen MR) is 96.3 cm³/mol. The van der Waals surface area contributed by atoms with Crippen molar-refractivity contribution in [2.75, 3.05) is 33.7 Å². The molecule has 1 saturated carbocycles. The molecule has 1 saturated heterocycles. The number of carbonyl (C=O) groups is 1. The third-order valence-electron chi connectivity index (χ3n) is 5.49. The van der Waals surface area contributed by atoms with E-state index in [2.05, 4.69) is 5.16 Å². The van der Waals surface area contributed by atoms with E-state index >= 15 is 0 Å². The fraction of sp³-hybridized carbons (Fsp3) is 0.842. The molecule has 0 unspecified atom stereocenters. The van der Waals surface area contributed by atoms with Crippen molar-refractivity contribution >= 4 is 5.91 Å². The Bertz CT molecular complexity index is 549. The van der Waals surface area contributed by atoms with Crippen molar-refractivity contribution in [2.24, 2.45) is 5.92 Å². The molecule has 1 aliphatic carbocycles. The number of carbonyl (C=O) groups excluding carboxylic acids is 1. The Kier molecular flexibility index (Phi) is 6.45. The molecule has 0 bridgehead atoms. The van der Waals surface area contributed by atoms with Gasteiger partial charge in [-0.2, -0.15) is 4.98 Å². The van der Waals surface area contributed by atoms with Crippen LogP contribution in [0, 0.1) is 5.92 Å². The minimum absolute atomic E-state index is 0.222. The molecule has 2 fully saturated rings. The number of hydrogen-bond donors (Lipinski definition) is 0. The van der Waals surface area contributed by atoms with E-state index in [0.29, 0.717) is 18.4 Å². The van der Waals surface area contributed by atoms with Gasteiger partial charge in [0.1, 0.15) is 0 Å². The monoisotopic (exact) mass is 348 g/mol. The van der Waals surface area contributed by atoms with Crippen molar-refractivity contribution in [3.05, 3.63) is 11.7 Å². The van der Waals surface area contributed by atoms with Crippen LogP contribution in [0.4, 0.5) is 0 Å². The minimum Gasteiger partial charge on any atom is -0.341 e. The lowest BCUT2D eigenvalue weighted by atomic mass is 9.94. The summed E-state index contributed by atoms with van der Waals surface area (Å²) in [6.07, 6.45) is 10.6. The molecule has 1 atom stereocenters. The van der Waals surface area contributed by atoms with Gasteiger partial charge in [-0.3, -0.25) is 4.79 Å². The van der Waals surface area contributed by atoms with Gasteiger partial charge in [0.05, 0.1) is 6.54 Å². The predicted octanol–water partition coefficient (Wildman–Crippen LogP) is 2.85. The maximum atomic E-state index is 12.3. The molecule has 0 aromatic carbocycles. The second kappa shape index (κ2) is 8.79. The van der Waals surface area contributed by atoms with Crippen LogP contribution in [0.1, 0.15) is 69.0 Å². The molecule has 0 N–H and O–H groups in total. The van der Waals surface area contributed by atoms with Gasteiger partial charge >= 0.3 is 0 Å². The van der Waals surface area contributed by atoms with E-state index in [-0.39, 0.29) is 5.91 Å². The van der Waals surface area contributed by atoms with E-state index in [0.717, 1.165) is 44.1 Å². The molecule has 0 radical (unpaired) electrons. The molecular weight excluding hydrogens is 316 g/mol. The quantitative estimate of drug-likeness (QED) is 0.766. The lowest BCUT2D eigenvalue weighted by Crippen LogP contribution is -2.44. The summed E-state index contributed by atoms with van der Waals surface area (Å²) in [5, 5.41) is 4.27. The highest BCUT2D eigenvalue weighted by atomic mass is 16.5. The molecule has 2 heterocycles. The van der Waals surface area contributed by atoms with Crippen molar-refractivity contribution in [1.29, 1.82) is 0 Å². The van der Waals surface area contributed by atoms with Gasteiger partial charge in [0, 0.05) is 25.4 Å². The number of likely N-dealkylation sites (tertiary alicyclic amines) is 1. The zero-order chi connectivity index (χ0) is 17.6. The van der Waals surface area contributed by atoms with Gasteiger partial charge in [-0.15, -0.1) is 0 Å². The average molecular weight is 348 g/mol. The average Bonchev–Trinajstić information content (AvgIpc) is 2.88. The fourth-order valence-electron chi connectivity index (χ4n) is 4.13. The zero-order valence-corrected chi connectivity index (χ0v) is 15.7. The summed E-state index contributed by atoms with van der Waals surface area (Å²) in [7, 11) is 3.87. The molecule has 25 heavy (non-hydrogen) atoms. The van der Waals surface area contributed by atoms with Crippen LogP contribution in [0.2, 0.25) is 0 Å². The first kappa shape index (κ1) is 18.4. The maximum absolute atomic E-state index is 12.3. The number of piperidine rings is 1. The van der Waals surface area contributed by atoms with E-state index in [9.17, 15) is 4.79 Å². The largest absolute Gasteiger partial charge is 0.341 e. The Balaban J connectivity index is 1.54. The van der Waals surface area contributed by atoms with Gasteiger partial charge in [0.2, 0.25) is 11.8 Å². The van der Waals surface area contributed by atoms with Gasteiger partial charge in [0.15, 0.2) is 5.82 Å².